The SMILES string of the molecule is CCOC(=O)c1cc(C(=O)OCC)c(=O)[nH]c1OCC. The fourth-order valence-corrected chi connectivity index (χ4v) is 1.49. The van der Waals surface area contributed by atoms with Crippen molar-refractivity contribution in [3.63, 3.8) is 0 Å². The van der Waals surface area contributed by atoms with Gasteiger partial charge in [-0.15, -0.1) is 0 Å². The smallest absolute Gasteiger partial charge is 0.343 e. The highest BCUT2D eigenvalue weighted by Gasteiger charge is 2.21. The van der Waals surface area contributed by atoms with Gasteiger partial charge in [0.05, 0.1) is 19.8 Å². The molecule has 1 N–H and O–H groups in total. The first-order valence-corrected chi connectivity index (χ1v) is 6.29. The number of aromatic amines is 1. The maximum Gasteiger partial charge on any atom is 0.343 e. The number of carbonyl (C=O) groups is 2. The van der Waals surface area contributed by atoms with E-state index in [1.807, 2.05) is 0 Å². The van der Waals surface area contributed by atoms with E-state index >= 15 is 0 Å². The van der Waals surface area contributed by atoms with Crippen LogP contribution in [0.2, 0.25) is 0 Å². The molecule has 0 aliphatic heterocycles. The van der Waals surface area contributed by atoms with E-state index < -0.39 is 17.5 Å². The second-order valence-electron chi connectivity index (χ2n) is 3.63. The Morgan fingerprint density at radius 3 is 2.05 bits per heavy atom. The average Bonchev–Trinajstić information content (AvgIpc) is 2.39. The van der Waals surface area contributed by atoms with E-state index in [9.17, 15) is 14.4 Å². The van der Waals surface area contributed by atoms with Crippen molar-refractivity contribution in [3.05, 3.63) is 27.5 Å². The summed E-state index contributed by atoms with van der Waals surface area (Å²) >= 11 is 0. The first kappa shape index (κ1) is 15.7. The molecule has 0 unspecified atom stereocenters. The minimum absolute atomic E-state index is 0.0173. The molecule has 0 spiro atoms. The van der Waals surface area contributed by atoms with Crippen LogP contribution in [-0.2, 0) is 9.47 Å². The van der Waals surface area contributed by atoms with Crippen molar-refractivity contribution in [3.8, 4) is 5.88 Å². The first-order chi connectivity index (χ1) is 9.54. The Bertz CT molecular complexity index is 548. The lowest BCUT2D eigenvalue weighted by Crippen LogP contribution is -2.23. The number of ether oxygens (including phenoxy) is 3. The van der Waals surface area contributed by atoms with Gasteiger partial charge >= 0.3 is 11.9 Å². The zero-order valence-electron chi connectivity index (χ0n) is 11.6. The Labute approximate surface area is 115 Å². The molecule has 0 fully saturated rings. The number of nitrogens with one attached hydrogen (secondary N) is 1. The highest BCUT2D eigenvalue weighted by Crippen LogP contribution is 2.16. The molecule has 0 aliphatic rings. The maximum absolute atomic E-state index is 11.8. The van der Waals surface area contributed by atoms with Crippen LogP contribution in [0.25, 0.3) is 0 Å². The van der Waals surface area contributed by atoms with Gasteiger partial charge < -0.3 is 14.2 Å². The van der Waals surface area contributed by atoms with Crippen molar-refractivity contribution in [2.75, 3.05) is 19.8 Å². The predicted molar refractivity (Wildman–Crippen MR) is 70.1 cm³/mol. The zero-order chi connectivity index (χ0) is 15.1. The summed E-state index contributed by atoms with van der Waals surface area (Å²) in [4.78, 5) is 37.6. The molecule has 7 heteroatoms. The highest BCUT2D eigenvalue weighted by atomic mass is 16.5. The number of hydrogen-bond donors (Lipinski definition) is 1. The van der Waals surface area contributed by atoms with E-state index in [2.05, 4.69) is 4.98 Å². The molecule has 110 valence electrons. The number of hydrogen-bond acceptors (Lipinski definition) is 6. The van der Waals surface area contributed by atoms with Crippen LogP contribution >= 0.6 is 0 Å². The third-order valence-corrected chi connectivity index (χ3v) is 2.28. The second kappa shape index (κ2) is 7.32. The quantitative estimate of drug-likeness (QED) is 0.786. The van der Waals surface area contributed by atoms with Gasteiger partial charge in [0.2, 0.25) is 5.88 Å². The predicted octanol–water partition coefficient (Wildman–Crippen LogP) is 1.13. The van der Waals surface area contributed by atoms with Crippen LogP contribution in [0.15, 0.2) is 10.9 Å². The first-order valence-electron chi connectivity index (χ1n) is 6.29. The van der Waals surface area contributed by atoms with E-state index in [1.54, 1.807) is 20.8 Å². The van der Waals surface area contributed by atoms with E-state index in [0.29, 0.717) is 0 Å². The molecule has 0 saturated carbocycles. The fourth-order valence-electron chi connectivity index (χ4n) is 1.49. The van der Waals surface area contributed by atoms with Gasteiger partial charge in [0, 0.05) is 0 Å². The van der Waals surface area contributed by atoms with Crippen LogP contribution in [0.4, 0.5) is 0 Å². The largest absolute Gasteiger partial charge is 0.479 e. The molecule has 20 heavy (non-hydrogen) atoms. The summed E-state index contributed by atoms with van der Waals surface area (Å²) in [5, 5.41) is 0. The number of H-pyrrole nitrogens is 1. The maximum atomic E-state index is 11.8. The molecule has 7 nitrogen and oxygen atoms in total. The lowest BCUT2D eigenvalue weighted by atomic mass is 10.2. The normalized spacial score (nSPS) is 9.95. The van der Waals surface area contributed by atoms with E-state index in [-0.39, 0.29) is 36.8 Å². The van der Waals surface area contributed by atoms with Gasteiger partial charge in [0.15, 0.2) is 0 Å². The Balaban J connectivity index is 3.30. The van der Waals surface area contributed by atoms with Gasteiger partial charge in [-0.1, -0.05) is 0 Å². The van der Waals surface area contributed by atoms with Gasteiger partial charge in [-0.2, -0.15) is 0 Å². The monoisotopic (exact) mass is 283 g/mol. The summed E-state index contributed by atoms with van der Waals surface area (Å²) < 4.78 is 14.8. The van der Waals surface area contributed by atoms with Gasteiger partial charge in [-0.25, -0.2) is 9.59 Å². The van der Waals surface area contributed by atoms with Gasteiger partial charge in [-0.05, 0) is 26.8 Å². The summed E-state index contributed by atoms with van der Waals surface area (Å²) in [5.74, 6) is -1.51. The Hall–Kier alpha value is -2.31. The summed E-state index contributed by atoms with van der Waals surface area (Å²) in [6.45, 7) is 5.51. The van der Waals surface area contributed by atoms with Crippen molar-refractivity contribution in [2.45, 2.75) is 20.8 Å². The van der Waals surface area contributed by atoms with Crippen LogP contribution in [0.3, 0.4) is 0 Å². The summed E-state index contributed by atoms with van der Waals surface area (Å²) in [7, 11) is 0. The Kier molecular flexibility index (Phi) is 5.76. The third kappa shape index (κ3) is 3.59. The van der Waals surface area contributed by atoms with Gasteiger partial charge in [-0.3, -0.25) is 9.78 Å². The highest BCUT2D eigenvalue weighted by molar-refractivity contribution is 5.96. The van der Waals surface area contributed by atoms with E-state index in [0.717, 1.165) is 6.07 Å². The molecule has 1 aromatic heterocycles. The minimum Gasteiger partial charge on any atom is -0.479 e. The lowest BCUT2D eigenvalue weighted by molar-refractivity contribution is 0.0519. The molecule has 0 aromatic carbocycles. The van der Waals surface area contributed by atoms with Crippen molar-refractivity contribution in [1.82, 2.24) is 4.98 Å². The summed E-state index contributed by atoms with van der Waals surface area (Å²) in [5.41, 5.74) is -0.963. The number of rotatable bonds is 6. The molecule has 1 rings (SSSR count). The Morgan fingerprint density at radius 2 is 1.55 bits per heavy atom. The molecule has 1 aromatic rings. The van der Waals surface area contributed by atoms with E-state index in [1.165, 1.54) is 0 Å². The van der Waals surface area contributed by atoms with Crippen molar-refractivity contribution in [1.29, 1.82) is 0 Å². The van der Waals surface area contributed by atoms with Crippen LogP contribution in [0, 0.1) is 0 Å². The number of aromatic nitrogens is 1. The van der Waals surface area contributed by atoms with Crippen LogP contribution < -0.4 is 10.3 Å². The van der Waals surface area contributed by atoms with Gasteiger partial charge in [0.1, 0.15) is 11.1 Å². The standard InChI is InChI=1S/C13H17NO6/c1-4-18-11-9(13(17)20-6-3)7-8(10(15)14-11)12(16)19-5-2/h7H,4-6H2,1-3H3,(H,14,15). The topological polar surface area (TPSA) is 94.7 Å². The average molecular weight is 283 g/mol. The molecule has 1 heterocycles. The fraction of sp³-hybridized carbons (Fsp3) is 0.462. The van der Waals surface area contributed by atoms with Crippen molar-refractivity contribution < 1.29 is 23.8 Å². The molecular formula is C13H17NO6. The molecule has 0 amide bonds. The van der Waals surface area contributed by atoms with Crippen molar-refractivity contribution >= 4 is 11.9 Å². The van der Waals surface area contributed by atoms with Crippen LogP contribution in [0.5, 0.6) is 5.88 Å². The second-order valence-corrected chi connectivity index (χ2v) is 3.63. The van der Waals surface area contributed by atoms with Crippen LogP contribution in [-0.4, -0.2) is 36.7 Å². The minimum atomic E-state index is -0.803. The molecule has 0 atom stereocenters. The van der Waals surface area contributed by atoms with Crippen LogP contribution in [0.1, 0.15) is 41.5 Å². The van der Waals surface area contributed by atoms with Crippen molar-refractivity contribution in [2.24, 2.45) is 0 Å². The number of pyridine rings is 1. The number of carbonyl (C=O) groups excluding carboxylic acids is 2. The molecule has 0 radical (unpaired) electrons. The third-order valence-electron chi connectivity index (χ3n) is 2.28. The molecule has 0 bridgehead atoms. The molecule has 0 saturated heterocycles. The van der Waals surface area contributed by atoms with Gasteiger partial charge in [0.25, 0.3) is 5.56 Å². The number of esters is 2. The molecule has 0 aliphatic carbocycles. The summed E-state index contributed by atoms with van der Waals surface area (Å²) in [6.07, 6.45) is 0. The Morgan fingerprint density at radius 1 is 1.00 bits per heavy atom. The lowest BCUT2D eigenvalue weighted by Gasteiger charge is -2.10. The van der Waals surface area contributed by atoms with E-state index in [4.69, 9.17) is 14.2 Å². The molecular weight excluding hydrogens is 266 g/mol. The summed E-state index contributed by atoms with van der Waals surface area (Å²) in [6, 6.07) is 1.12. The zero-order valence-corrected chi connectivity index (χ0v) is 11.6.